The van der Waals surface area contributed by atoms with Crippen LogP contribution in [0.4, 0.5) is 0 Å². The molecule has 5 aliphatic carbocycles. The van der Waals surface area contributed by atoms with Crippen molar-refractivity contribution in [2.45, 2.75) is 198 Å². The van der Waals surface area contributed by atoms with E-state index < -0.39 is 150 Å². The third kappa shape index (κ3) is 7.78. The quantitative estimate of drug-likeness (QED) is 0.0753. The molecule has 0 radical (unpaired) electrons. The maximum atomic E-state index is 13.8. The zero-order valence-corrected chi connectivity index (χ0v) is 39.0. The number of fused-ring (bicyclic) bond motifs is 7. The lowest BCUT2D eigenvalue weighted by Gasteiger charge is -2.71. The Balaban J connectivity index is 1.13. The van der Waals surface area contributed by atoms with E-state index in [4.69, 9.17) is 28.4 Å². The average molecular weight is 957 g/mol. The Morgan fingerprint density at radius 2 is 1.40 bits per heavy atom. The van der Waals surface area contributed by atoms with Gasteiger partial charge in [-0.3, -0.25) is 4.79 Å². The third-order valence-corrected chi connectivity index (χ3v) is 18.9. The lowest BCUT2D eigenvalue weighted by molar-refractivity contribution is -0.391. The van der Waals surface area contributed by atoms with Crippen molar-refractivity contribution in [3.63, 3.8) is 0 Å². The van der Waals surface area contributed by atoms with Crippen molar-refractivity contribution in [2.75, 3.05) is 13.2 Å². The van der Waals surface area contributed by atoms with Gasteiger partial charge in [-0.2, -0.15) is 0 Å². The zero-order valence-electron chi connectivity index (χ0n) is 39.0. The molecule has 3 heterocycles. The number of carbonyl (C=O) groups excluding carboxylic acids is 1. The van der Waals surface area contributed by atoms with Gasteiger partial charge in [-0.05, 0) is 97.2 Å². The van der Waals surface area contributed by atoms with Gasteiger partial charge in [0.2, 0.25) is 0 Å². The summed E-state index contributed by atoms with van der Waals surface area (Å²) in [4.78, 5) is 39.8. The predicted octanol–water partition coefficient (Wildman–Crippen LogP) is -0.413. The van der Waals surface area contributed by atoms with E-state index in [1.165, 1.54) is 0 Å². The minimum absolute atomic E-state index is 0.0258. The fourth-order valence-electron chi connectivity index (χ4n) is 14.8. The second-order valence-corrected chi connectivity index (χ2v) is 22.8. The predicted molar refractivity (Wildman–Crippen MR) is 227 cm³/mol. The molecule has 20 heteroatoms. The Bertz CT molecular complexity index is 1910. The summed E-state index contributed by atoms with van der Waals surface area (Å²) in [6.07, 6.45) is -20.5. The average Bonchev–Trinajstić information content (AvgIpc) is 3.26. The van der Waals surface area contributed by atoms with E-state index in [0.29, 0.717) is 44.9 Å². The molecule has 24 atom stereocenters. The van der Waals surface area contributed by atoms with Gasteiger partial charge in [-0.15, -0.1) is 0 Å². The molecule has 20 nitrogen and oxygen atoms in total. The van der Waals surface area contributed by atoms with Crippen molar-refractivity contribution in [1.82, 2.24) is 0 Å². The first-order valence-electron chi connectivity index (χ1n) is 23.8. The highest BCUT2D eigenvalue weighted by Crippen LogP contribution is 2.76. The van der Waals surface area contributed by atoms with Gasteiger partial charge >= 0.3 is 11.9 Å². The van der Waals surface area contributed by atoms with Gasteiger partial charge in [0, 0.05) is 0 Å². The number of aldehydes is 1. The van der Waals surface area contributed by atoms with E-state index in [2.05, 4.69) is 40.7 Å². The minimum Gasteiger partial charge on any atom is -0.481 e. The molecule has 0 aromatic carbocycles. The Hall–Kier alpha value is -2.25. The van der Waals surface area contributed by atoms with Crippen molar-refractivity contribution in [2.24, 2.45) is 50.2 Å². The first-order chi connectivity index (χ1) is 31.3. The number of aliphatic hydroxyl groups is 9. The number of carbonyl (C=O) groups is 3. The van der Waals surface area contributed by atoms with Crippen LogP contribution in [0.2, 0.25) is 0 Å². The maximum absolute atomic E-state index is 13.8. The molecule has 8 aliphatic rings. The van der Waals surface area contributed by atoms with Crippen LogP contribution in [-0.2, 0) is 42.8 Å². The van der Waals surface area contributed by atoms with Gasteiger partial charge in [-0.25, -0.2) is 4.79 Å². The highest BCUT2D eigenvalue weighted by Gasteiger charge is 2.72. The summed E-state index contributed by atoms with van der Waals surface area (Å²) >= 11 is 0. The summed E-state index contributed by atoms with van der Waals surface area (Å²) < 4.78 is 35.9. The molecule has 0 spiro atoms. The first kappa shape index (κ1) is 51.1. The van der Waals surface area contributed by atoms with E-state index in [-0.39, 0.29) is 36.0 Å². The normalized spacial score (nSPS) is 54.0. The van der Waals surface area contributed by atoms with Gasteiger partial charge < -0.3 is 89.4 Å². The first-order valence-corrected chi connectivity index (χ1v) is 23.8. The smallest absolute Gasteiger partial charge is 0.335 e. The van der Waals surface area contributed by atoms with E-state index in [0.717, 1.165) is 11.9 Å². The summed E-state index contributed by atoms with van der Waals surface area (Å²) in [5.74, 6) is -3.36. The molecular weight excluding hydrogens is 884 g/mol. The van der Waals surface area contributed by atoms with Gasteiger partial charge in [0.25, 0.3) is 0 Å². The number of hydrogen-bond acceptors (Lipinski definition) is 18. The van der Waals surface area contributed by atoms with Gasteiger partial charge in [0.05, 0.1) is 30.8 Å². The number of rotatable bonds is 10. The number of aliphatic hydroxyl groups excluding tert-OH is 9. The Labute approximate surface area is 389 Å². The molecule has 3 aliphatic heterocycles. The van der Waals surface area contributed by atoms with Crippen LogP contribution in [-0.4, -0.2) is 186 Å². The monoisotopic (exact) mass is 956 g/mol. The van der Waals surface area contributed by atoms with Crippen LogP contribution in [0.25, 0.3) is 0 Å². The highest BCUT2D eigenvalue weighted by atomic mass is 16.8. The Morgan fingerprint density at radius 3 is 2.04 bits per heavy atom. The van der Waals surface area contributed by atoms with Crippen molar-refractivity contribution in [1.29, 1.82) is 0 Å². The van der Waals surface area contributed by atoms with Crippen molar-refractivity contribution < 1.29 is 99.0 Å². The summed E-state index contributed by atoms with van der Waals surface area (Å²) in [6, 6.07) is 0. The van der Waals surface area contributed by atoms with E-state index in [1.54, 1.807) is 6.92 Å². The van der Waals surface area contributed by atoms with Crippen LogP contribution in [0.3, 0.4) is 0 Å². The van der Waals surface area contributed by atoms with Crippen LogP contribution >= 0.6 is 0 Å². The van der Waals surface area contributed by atoms with E-state index >= 15 is 0 Å². The molecule has 0 bridgehead atoms. The van der Waals surface area contributed by atoms with Crippen LogP contribution < -0.4 is 0 Å². The fourth-order valence-corrected chi connectivity index (χ4v) is 14.8. The van der Waals surface area contributed by atoms with Gasteiger partial charge in [0.15, 0.2) is 25.0 Å². The van der Waals surface area contributed by atoms with E-state index in [9.17, 15) is 70.6 Å². The minimum atomic E-state index is -2.14. The summed E-state index contributed by atoms with van der Waals surface area (Å²) in [6.45, 7) is 11.3. The molecule has 3 saturated heterocycles. The molecule has 11 N–H and O–H groups in total. The van der Waals surface area contributed by atoms with Crippen molar-refractivity contribution >= 4 is 18.2 Å². The van der Waals surface area contributed by atoms with E-state index in [1.807, 2.05) is 0 Å². The lowest BCUT2D eigenvalue weighted by atomic mass is 9.33. The molecule has 8 rings (SSSR count). The summed E-state index contributed by atoms with van der Waals surface area (Å²) in [5.41, 5.74) is -3.10. The Kier molecular flexibility index (Phi) is 13.6. The fraction of sp³-hybridized carbons (Fsp3) is 0.894. The number of carboxylic acid groups (broad SMARTS) is 2. The number of carboxylic acids is 2. The van der Waals surface area contributed by atoms with Crippen molar-refractivity contribution in [3.8, 4) is 0 Å². The number of ether oxygens (including phenoxy) is 6. The topological polar surface area (TPSA) is 329 Å². The molecule has 380 valence electrons. The molecule has 67 heavy (non-hydrogen) atoms. The molecule has 0 amide bonds. The third-order valence-electron chi connectivity index (χ3n) is 18.9. The standard InChI is InChI=1S/C47H72O20/c1-42(2)13-14-47(41(60)61)21(15-42)20-7-8-25-43(3)11-10-27(44(4,19-49)24(43)9-12-45(25,5)46(20,6)16-26(47)51)64-40-36(67-39-32(56)30(54)29(53)23(17-48)63-39)34(33(57)35(66-40)37(58)59)65-38-31(55)28(52)22(50)18-62-38/h7,19,21-36,38-40,48,50-57H,8-18H2,1-6H3,(H,58,59)(H,60,61)/t21-,22-,23+,24+,25+,26+,27-,28-,29-,30-,31-,32-,33+,34-,35-,36-,38-,39-,40+,43-,44-,45+,46+,47+/m0/s1. The molecule has 7 fully saturated rings. The number of hydrogen-bond donors (Lipinski definition) is 11. The molecule has 0 aromatic heterocycles. The van der Waals surface area contributed by atoms with Crippen molar-refractivity contribution in [3.05, 3.63) is 11.6 Å². The molecule has 4 saturated carbocycles. The number of aliphatic carboxylic acids is 2. The second kappa shape index (κ2) is 17.8. The largest absolute Gasteiger partial charge is 0.481 e. The Morgan fingerprint density at radius 1 is 0.731 bits per heavy atom. The van der Waals surface area contributed by atoms with Gasteiger partial charge in [-0.1, -0.05) is 53.2 Å². The summed E-state index contributed by atoms with van der Waals surface area (Å²) in [5, 5.41) is 118. The molecule has 0 unspecified atom stereocenters. The van der Waals surface area contributed by atoms with Crippen LogP contribution in [0.15, 0.2) is 11.6 Å². The maximum Gasteiger partial charge on any atom is 0.335 e. The SMILES string of the molecule is CC1(C)CC[C@]2(C(=O)O)[C@H](O)C[C@]3(C)C(=CC[C@@H]4[C@@]5(C)CC[C@H](O[C@@H]6O[C@H](C(=O)O)[C@H](O)[C@H](O[C@@H]7OC[C@H](O)[C@H](O)[C@@H]7O)[C@@H]6O[C@@H]6O[C@H](CO)[C@H](O)[C@H](O)[C@@H]6O)[C@@](C)(C=O)[C@@H]5CC[C@]43C)[C@@H]2C1. The lowest BCUT2D eigenvalue weighted by Crippen LogP contribution is -2.69. The van der Waals surface area contributed by atoms with Crippen LogP contribution in [0, 0.1) is 50.2 Å². The second-order valence-electron chi connectivity index (χ2n) is 22.8. The number of allylic oxidation sites excluding steroid dienone is 2. The van der Waals surface area contributed by atoms with Crippen LogP contribution in [0.5, 0.6) is 0 Å². The molecule has 0 aromatic rings. The zero-order chi connectivity index (χ0) is 49.1. The van der Waals surface area contributed by atoms with Gasteiger partial charge in [0.1, 0.15) is 72.7 Å². The summed E-state index contributed by atoms with van der Waals surface area (Å²) in [7, 11) is 0. The highest BCUT2D eigenvalue weighted by molar-refractivity contribution is 5.78. The molecular formula is C47H72O20. The van der Waals surface area contributed by atoms with Crippen LogP contribution in [0.1, 0.15) is 99.3 Å².